The van der Waals surface area contributed by atoms with Crippen molar-refractivity contribution in [2.24, 2.45) is 0 Å². The average molecular weight is 311 g/mol. The van der Waals surface area contributed by atoms with Crippen LogP contribution in [0.3, 0.4) is 0 Å². The highest BCUT2D eigenvalue weighted by Gasteiger charge is 2.19. The molecule has 2 amide bonds. The number of para-hydroxylation sites is 1. The highest BCUT2D eigenvalue weighted by atomic mass is 16.5. The number of fused-ring (bicyclic) bond motifs is 2. The molecule has 0 fully saturated rings. The quantitative estimate of drug-likeness (QED) is 0.757. The smallest absolute Gasteiger partial charge is 0.257 e. The zero-order valence-corrected chi connectivity index (χ0v) is 12.7. The van der Waals surface area contributed by atoms with Crippen molar-refractivity contribution in [2.75, 3.05) is 30.9 Å². The summed E-state index contributed by atoms with van der Waals surface area (Å²) < 4.78 is 4.90. The first-order chi connectivity index (χ1) is 11.2. The third kappa shape index (κ3) is 3.17. The molecule has 23 heavy (non-hydrogen) atoms. The number of carbonyl (C=O) groups excluding carboxylic acids is 2. The number of carbonyl (C=O) groups is 2. The fraction of sp³-hybridized carbons (Fsp3) is 0.176. The predicted molar refractivity (Wildman–Crippen MR) is 88.3 cm³/mol. The topological polar surface area (TPSA) is 79.5 Å². The van der Waals surface area contributed by atoms with Gasteiger partial charge in [-0.3, -0.25) is 9.59 Å². The maximum Gasteiger partial charge on any atom is 0.257 e. The van der Waals surface area contributed by atoms with Gasteiger partial charge in [0, 0.05) is 19.2 Å². The van der Waals surface area contributed by atoms with Crippen LogP contribution in [0.25, 0.3) is 0 Å². The van der Waals surface area contributed by atoms with E-state index in [-0.39, 0.29) is 11.8 Å². The lowest BCUT2D eigenvalue weighted by Crippen LogP contribution is -2.27. The predicted octanol–water partition coefficient (Wildman–Crippen LogP) is 2.37. The Morgan fingerprint density at radius 3 is 2.74 bits per heavy atom. The summed E-state index contributed by atoms with van der Waals surface area (Å²) in [7, 11) is 1.58. The Balaban J connectivity index is 1.86. The number of rotatable bonds is 4. The zero-order chi connectivity index (χ0) is 16.2. The molecule has 0 spiro atoms. The zero-order valence-electron chi connectivity index (χ0n) is 12.7. The van der Waals surface area contributed by atoms with Gasteiger partial charge in [-0.15, -0.1) is 0 Å². The standard InChI is InChI=1S/C17H17N3O3/c1-23-9-8-18-16(21)11-6-7-14-15(10-11)20-17(22)12-4-2-3-5-13(12)19-14/h2-7,10,19H,8-9H2,1H3,(H,18,21)(H,20,22). The molecule has 0 radical (unpaired) electrons. The summed E-state index contributed by atoms with van der Waals surface area (Å²) in [5.74, 6) is -0.412. The second-order valence-corrected chi connectivity index (χ2v) is 5.13. The van der Waals surface area contributed by atoms with E-state index in [0.717, 1.165) is 11.4 Å². The van der Waals surface area contributed by atoms with E-state index < -0.39 is 0 Å². The van der Waals surface area contributed by atoms with Crippen LogP contribution in [0.4, 0.5) is 17.1 Å². The number of anilines is 3. The molecule has 3 rings (SSSR count). The van der Waals surface area contributed by atoms with E-state index in [1.807, 2.05) is 18.2 Å². The summed E-state index contributed by atoms with van der Waals surface area (Å²) in [5, 5.41) is 8.81. The number of amides is 2. The molecule has 6 heteroatoms. The van der Waals surface area contributed by atoms with Crippen molar-refractivity contribution in [1.29, 1.82) is 0 Å². The molecule has 0 saturated heterocycles. The minimum absolute atomic E-state index is 0.205. The normalized spacial score (nSPS) is 12.3. The molecule has 0 bridgehead atoms. The molecule has 3 N–H and O–H groups in total. The van der Waals surface area contributed by atoms with Gasteiger partial charge >= 0.3 is 0 Å². The van der Waals surface area contributed by atoms with Gasteiger partial charge in [0.05, 0.1) is 29.2 Å². The minimum Gasteiger partial charge on any atom is -0.383 e. The van der Waals surface area contributed by atoms with Gasteiger partial charge in [0.1, 0.15) is 0 Å². The Morgan fingerprint density at radius 1 is 1.09 bits per heavy atom. The van der Waals surface area contributed by atoms with E-state index in [4.69, 9.17) is 4.74 Å². The van der Waals surface area contributed by atoms with Gasteiger partial charge in [-0.2, -0.15) is 0 Å². The number of nitrogens with one attached hydrogen (secondary N) is 3. The first-order valence-corrected chi connectivity index (χ1v) is 7.27. The Kier molecular flexibility index (Phi) is 4.25. The van der Waals surface area contributed by atoms with Gasteiger partial charge in [-0.25, -0.2) is 0 Å². The molecule has 0 aromatic heterocycles. The van der Waals surface area contributed by atoms with E-state index in [0.29, 0.717) is 30.0 Å². The molecule has 0 unspecified atom stereocenters. The number of hydrogen-bond acceptors (Lipinski definition) is 4. The Bertz CT molecular complexity index is 758. The van der Waals surface area contributed by atoms with Gasteiger partial charge in [0.25, 0.3) is 11.8 Å². The summed E-state index contributed by atoms with van der Waals surface area (Å²) in [4.78, 5) is 24.4. The molecule has 0 aliphatic carbocycles. The maximum atomic E-state index is 12.3. The summed E-state index contributed by atoms with van der Waals surface area (Å²) in [6, 6.07) is 12.4. The molecule has 2 aromatic rings. The lowest BCUT2D eigenvalue weighted by molar-refractivity contribution is 0.0936. The molecule has 0 saturated carbocycles. The molecule has 6 nitrogen and oxygen atoms in total. The largest absolute Gasteiger partial charge is 0.383 e. The molecule has 0 atom stereocenters. The van der Waals surface area contributed by atoms with Gasteiger partial charge in [-0.1, -0.05) is 12.1 Å². The van der Waals surface area contributed by atoms with E-state index in [2.05, 4.69) is 16.0 Å². The monoisotopic (exact) mass is 311 g/mol. The first kappa shape index (κ1) is 15.1. The van der Waals surface area contributed by atoms with E-state index in [9.17, 15) is 9.59 Å². The first-order valence-electron chi connectivity index (χ1n) is 7.27. The molecule has 1 heterocycles. The minimum atomic E-state index is -0.208. The highest BCUT2D eigenvalue weighted by molar-refractivity contribution is 6.12. The van der Waals surface area contributed by atoms with E-state index >= 15 is 0 Å². The second-order valence-electron chi connectivity index (χ2n) is 5.13. The Labute approximate surface area is 133 Å². The fourth-order valence-electron chi connectivity index (χ4n) is 2.39. The third-order valence-corrected chi connectivity index (χ3v) is 3.56. The molecule has 1 aliphatic rings. The molecular formula is C17H17N3O3. The summed E-state index contributed by atoms with van der Waals surface area (Å²) in [6.07, 6.45) is 0. The van der Waals surface area contributed by atoms with Gasteiger partial charge in [0.15, 0.2) is 0 Å². The van der Waals surface area contributed by atoms with Crippen LogP contribution in [0, 0.1) is 0 Å². The van der Waals surface area contributed by atoms with Crippen molar-refractivity contribution in [3.05, 3.63) is 53.6 Å². The van der Waals surface area contributed by atoms with E-state index in [1.165, 1.54) is 0 Å². The van der Waals surface area contributed by atoms with Crippen LogP contribution in [-0.2, 0) is 4.74 Å². The highest BCUT2D eigenvalue weighted by Crippen LogP contribution is 2.32. The Morgan fingerprint density at radius 2 is 1.91 bits per heavy atom. The average Bonchev–Trinajstić information content (AvgIpc) is 2.70. The number of benzene rings is 2. The maximum absolute atomic E-state index is 12.3. The summed E-state index contributed by atoms with van der Waals surface area (Å²) >= 11 is 0. The van der Waals surface area contributed by atoms with Crippen LogP contribution >= 0.6 is 0 Å². The van der Waals surface area contributed by atoms with Crippen molar-refractivity contribution in [3.8, 4) is 0 Å². The number of hydrogen-bond donors (Lipinski definition) is 3. The van der Waals surface area contributed by atoms with Crippen molar-refractivity contribution in [2.45, 2.75) is 0 Å². The molecular weight excluding hydrogens is 294 g/mol. The fourth-order valence-corrected chi connectivity index (χ4v) is 2.39. The van der Waals surface area contributed by atoms with Crippen molar-refractivity contribution in [1.82, 2.24) is 5.32 Å². The third-order valence-electron chi connectivity index (χ3n) is 3.56. The van der Waals surface area contributed by atoms with Crippen molar-refractivity contribution < 1.29 is 14.3 Å². The Hall–Kier alpha value is -2.86. The lowest BCUT2D eigenvalue weighted by atomic mass is 10.1. The molecule has 1 aliphatic heterocycles. The number of methoxy groups -OCH3 is 1. The molecule has 2 aromatic carbocycles. The van der Waals surface area contributed by atoms with Crippen LogP contribution in [0.15, 0.2) is 42.5 Å². The van der Waals surface area contributed by atoms with E-state index in [1.54, 1.807) is 31.4 Å². The van der Waals surface area contributed by atoms with Crippen molar-refractivity contribution in [3.63, 3.8) is 0 Å². The van der Waals surface area contributed by atoms with Crippen LogP contribution in [0.5, 0.6) is 0 Å². The van der Waals surface area contributed by atoms with Crippen LogP contribution in [0.1, 0.15) is 20.7 Å². The lowest BCUT2D eigenvalue weighted by Gasteiger charge is -2.11. The van der Waals surface area contributed by atoms with Gasteiger partial charge in [0.2, 0.25) is 0 Å². The van der Waals surface area contributed by atoms with Crippen LogP contribution in [-0.4, -0.2) is 32.1 Å². The van der Waals surface area contributed by atoms with Gasteiger partial charge < -0.3 is 20.7 Å². The SMILES string of the molecule is COCCNC(=O)c1ccc2c(c1)NC(=O)c1ccccc1N2. The van der Waals surface area contributed by atoms with Crippen molar-refractivity contribution >= 4 is 28.9 Å². The van der Waals surface area contributed by atoms with Crippen LogP contribution in [0.2, 0.25) is 0 Å². The molecule has 118 valence electrons. The summed E-state index contributed by atoms with van der Waals surface area (Å²) in [6.45, 7) is 0.882. The number of ether oxygens (including phenoxy) is 1. The summed E-state index contributed by atoms with van der Waals surface area (Å²) in [5.41, 5.74) is 3.10. The second kappa shape index (κ2) is 6.50. The van der Waals surface area contributed by atoms with Gasteiger partial charge in [-0.05, 0) is 30.3 Å². The van der Waals surface area contributed by atoms with Crippen LogP contribution < -0.4 is 16.0 Å².